The van der Waals surface area contributed by atoms with Crippen LogP contribution in [0.3, 0.4) is 0 Å². The molecule has 1 heterocycles. The number of amides is 2. The maximum Gasteiger partial charge on any atom is 0.255 e. The molecule has 1 atom stereocenters. The number of unbranched alkanes of at least 4 members (excludes halogenated alkanes) is 1. The predicted octanol–water partition coefficient (Wildman–Crippen LogP) is 6.46. The fourth-order valence-electron chi connectivity index (χ4n) is 4.00. The Morgan fingerprint density at radius 2 is 1.82 bits per heavy atom. The summed E-state index contributed by atoms with van der Waals surface area (Å²) in [5.41, 5.74) is 4.40. The highest BCUT2D eigenvalue weighted by Gasteiger charge is 2.34. The molecule has 0 bridgehead atoms. The summed E-state index contributed by atoms with van der Waals surface area (Å²) in [4.78, 5) is 27.3. The van der Waals surface area contributed by atoms with Crippen LogP contribution in [0, 0.1) is 0 Å². The quantitative estimate of drug-likeness (QED) is 0.387. The van der Waals surface area contributed by atoms with E-state index in [-0.39, 0.29) is 17.2 Å². The fraction of sp³-hybridized carbons (Fsp3) is 0.286. The Hall–Kier alpha value is -3.25. The second-order valence-corrected chi connectivity index (χ2v) is 9.30. The molecule has 4 rings (SSSR count). The molecule has 0 aromatic heterocycles. The Kier molecular flexibility index (Phi) is 7.91. The van der Waals surface area contributed by atoms with Gasteiger partial charge in [0.15, 0.2) is 0 Å². The van der Waals surface area contributed by atoms with Gasteiger partial charge < -0.3 is 10.1 Å². The zero-order valence-electron chi connectivity index (χ0n) is 19.6. The van der Waals surface area contributed by atoms with Crippen molar-refractivity contribution in [2.45, 2.75) is 38.5 Å². The number of nitrogens with one attached hydrogen (secondary N) is 1. The van der Waals surface area contributed by atoms with Crippen LogP contribution in [0.2, 0.25) is 0 Å². The number of carbonyl (C=O) groups excluding carboxylic acids is 2. The molecule has 1 N–H and O–H groups in total. The van der Waals surface area contributed by atoms with Crippen LogP contribution in [0.4, 0.5) is 11.4 Å². The van der Waals surface area contributed by atoms with Gasteiger partial charge in [-0.2, -0.15) is 0 Å². The van der Waals surface area contributed by atoms with E-state index in [2.05, 4.69) is 12.2 Å². The molecule has 3 aromatic carbocycles. The van der Waals surface area contributed by atoms with Gasteiger partial charge in [0.1, 0.15) is 11.1 Å². The lowest BCUT2D eigenvalue weighted by atomic mass is 10.1. The fourth-order valence-corrected chi connectivity index (χ4v) is 5.16. The van der Waals surface area contributed by atoms with E-state index in [9.17, 15) is 9.59 Å². The van der Waals surface area contributed by atoms with Crippen LogP contribution in [0.1, 0.15) is 53.5 Å². The number of benzene rings is 3. The predicted molar refractivity (Wildman–Crippen MR) is 140 cm³/mol. The number of carbonyl (C=O) groups is 2. The molecule has 1 saturated heterocycles. The molecular formula is C28H30N2O3S. The highest BCUT2D eigenvalue weighted by Crippen LogP contribution is 2.42. The Morgan fingerprint density at radius 3 is 2.53 bits per heavy atom. The van der Waals surface area contributed by atoms with Crippen molar-refractivity contribution in [2.24, 2.45) is 0 Å². The lowest BCUT2D eigenvalue weighted by molar-refractivity contribution is -0.115. The van der Waals surface area contributed by atoms with E-state index in [1.54, 1.807) is 11.8 Å². The second-order valence-electron chi connectivity index (χ2n) is 8.23. The minimum Gasteiger partial charge on any atom is -0.494 e. The van der Waals surface area contributed by atoms with E-state index < -0.39 is 0 Å². The number of anilines is 2. The lowest BCUT2D eigenvalue weighted by Gasteiger charge is -2.25. The van der Waals surface area contributed by atoms with Gasteiger partial charge in [0.05, 0.1) is 12.4 Å². The first-order chi connectivity index (χ1) is 16.6. The highest BCUT2D eigenvalue weighted by molar-refractivity contribution is 8.00. The van der Waals surface area contributed by atoms with Crippen molar-refractivity contribution in [2.75, 3.05) is 22.6 Å². The molecule has 0 unspecified atom stereocenters. The van der Waals surface area contributed by atoms with Crippen molar-refractivity contribution >= 4 is 35.0 Å². The minimum absolute atomic E-state index is 0.0664. The third kappa shape index (κ3) is 5.62. The first kappa shape index (κ1) is 23.9. The Morgan fingerprint density at radius 1 is 1.06 bits per heavy atom. The average Bonchev–Trinajstić information content (AvgIpc) is 3.25. The Bertz CT molecular complexity index is 1130. The molecule has 1 aliphatic heterocycles. The van der Waals surface area contributed by atoms with Crippen LogP contribution in [-0.4, -0.2) is 24.2 Å². The van der Waals surface area contributed by atoms with Gasteiger partial charge in [0.25, 0.3) is 5.91 Å². The summed E-state index contributed by atoms with van der Waals surface area (Å²) in [5, 5.41) is 2.85. The van der Waals surface area contributed by atoms with Crippen molar-refractivity contribution in [1.29, 1.82) is 0 Å². The number of thioether (sulfide) groups is 1. The van der Waals surface area contributed by atoms with E-state index >= 15 is 0 Å². The zero-order valence-corrected chi connectivity index (χ0v) is 20.4. The topological polar surface area (TPSA) is 58.6 Å². The van der Waals surface area contributed by atoms with Gasteiger partial charge in [0.2, 0.25) is 5.91 Å². The second kappa shape index (κ2) is 11.3. The lowest BCUT2D eigenvalue weighted by Crippen LogP contribution is -2.27. The van der Waals surface area contributed by atoms with E-state index in [4.69, 9.17) is 4.74 Å². The molecule has 6 heteroatoms. The van der Waals surface area contributed by atoms with Crippen LogP contribution in [0.25, 0.3) is 0 Å². The van der Waals surface area contributed by atoms with Crippen LogP contribution >= 0.6 is 11.8 Å². The number of hydrogen-bond donors (Lipinski definition) is 1. The summed E-state index contributed by atoms with van der Waals surface area (Å²) < 4.78 is 5.53. The molecule has 1 fully saturated rings. The Labute approximate surface area is 205 Å². The van der Waals surface area contributed by atoms with Gasteiger partial charge in [-0.05, 0) is 79.4 Å². The number of hydrogen-bond acceptors (Lipinski definition) is 4. The van der Waals surface area contributed by atoms with E-state index in [0.717, 1.165) is 36.3 Å². The molecule has 34 heavy (non-hydrogen) atoms. The van der Waals surface area contributed by atoms with Crippen molar-refractivity contribution in [3.8, 4) is 5.75 Å². The molecule has 3 aromatic rings. The van der Waals surface area contributed by atoms with Gasteiger partial charge >= 0.3 is 0 Å². The molecular weight excluding hydrogens is 444 g/mol. The SMILES string of the molecule is CCCCc1ccc(C(=O)Nc2cccc([C@H]3SCC(=O)N3c3ccc(OCC)cc3)c2)cc1. The summed E-state index contributed by atoms with van der Waals surface area (Å²) in [7, 11) is 0. The van der Waals surface area contributed by atoms with Crippen molar-refractivity contribution in [1.82, 2.24) is 0 Å². The molecule has 0 saturated carbocycles. The van der Waals surface area contributed by atoms with E-state index in [1.165, 1.54) is 5.56 Å². The molecule has 0 spiro atoms. The molecule has 1 aliphatic rings. The maximum absolute atomic E-state index is 12.8. The average molecular weight is 475 g/mol. The number of ether oxygens (including phenoxy) is 1. The van der Waals surface area contributed by atoms with Gasteiger partial charge in [0, 0.05) is 16.9 Å². The van der Waals surface area contributed by atoms with E-state index in [0.29, 0.717) is 23.6 Å². The monoisotopic (exact) mass is 474 g/mol. The minimum atomic E-state index is -0.153. The number of nitrogens with zero attached hydrogens (tertiary/aromatic N) is 1. The molecule has 2 amide bonds. The zero-order chi connectivity index (χ0) is 23.9. The summed E-state index contributed by atoms with van der Waals surface area (Å²) >= 11 is 1.59. The van der Waals surface area contributed by atoms with Crippen molar-refractivity contribution in [3.63, 3.8) is 0 Å². The smallest absolute Gasteiger partial charge is 0.255 e. The standard InChI is InChI=1S/C28H30N2O3S/c1-3-5-7-20-10-12-21(13-11-20)27(32)29-23-9-6-8-22(18-23)28-30(26(31)19-34-28)24-14-16-25(17-15-24)33-4-2/h6,8-18,28H,3-5,7,19H2,1-2H3,(H,29,32)/t28-/m1/s1. The first-order valence-electron chi connectivity index (χ1n) is 11.8. The summed E-state index contributed by atoms with van der Waals surface area (Å²) in [6.07, 6.45) is 3.33. The van der Waals surface area contributed by atoms with Gasteiger partial charge in [-0.15, -0.1) is 11.8 Å². The van der Waals surface area contributed by atoms with Crippen molar-refractivity contribution < 1.29 is 14.3 Å². The van der Waals surface area contributed by atoms with Crippen LogP contribution < -0.4 is 15.0 Å². The highest BCUT2D eigenvalue weighted by atomic mass is 32.2. The summed E-state index contributed by atoms with van der Waals surface area (Å²) in [6.45, 7) is 4.72. The van der Waals surface area contributed by atoms with Gasteiger partial charge in [-0.25, -0.2) is 0 Å². The van der Waals surface area contributed by atoms with Crippen LogP contribution in [0.5, 0.6) is 5.75 Å². The summed E-state index contributed by atoms with van der Waals surface area (Å²) in [6, 6.07) is 23.1. The summed E-state index contributed by atoms with van der Waals surface area (Å²) in [5.74, 6) is 1.12. The van der Waals surface area contributed by atoms with Crippen LogP contribution in [-0.2, 0) is 11.2 Å². The molecule has 5 nitrogen and oxygen atoms in total. The van der Waals surface area contributed by atoms with Gasteiger partial charge in [-0.1, -0.05) is 37.6 Å². The first-order valence-corrected chi connectivity index (χ1v) is 12.8. The number of rotatable bonds is 9. The third-order valence-electron chi connectivity index (χ3n) is 5.76. The number of aryl methyl sites for hydroxylation is 1. The van der Waals surface area contributed by atoms with E-state index in [1.807, 2.05) is 84.6 Å². The third-order valence-corrected chi connectivity index (χ3v) is 6.97. The maximum atomic E-state index is 12.8. The van der Waals surface area contributed by atoms with Crippen molar-refractivity contribution in [3.05, 3.63) is 89.5 Å². The largest absolute Gasteiger partial charge is 0.494 e. The molecule has 0 radical (unpaired) electrons. The Balaban J connectivity index is 1.48. The van der Waals surface area contributed by atoms with Gasteiger partial charge in [-0.3, -0.25) is 14.5 Å². The molecule has 176 valence electrons. The molecule has 0 aliphatic carbocycles. The normalized spacial score (nSPS) is 15.4. The van der Waals surface area contributed by atoms with Crippen LogP contribution in [0.15, 0.2) is 72.8 Å².